The monoisotopic (exact) mass is 286 g/mol. The van der Waals surface area contributed by atoms with Crippen molar-refractivity contribution >= 4 is 23.1 Å². The number of nitrogens with one attached hydrogen (secondary N) is 1. The third kappa shape index (κ3) is 3.07. The summed E-state index contributed by atoms with van der Waals surface area (Å²) >= 11 is 5.13. The maximum absolute atomic E-state index is 12.6. The molecule has 0 saturated carbocycles. The molecule has 0 aromatic heterocycles. The van der Waals surface area contributed by atoms with Gasteiger partial charge < -0.3 is 20.5 Å². The van der Waals surface area contributed by atoms with E-state index >= 15 is 0 Å². The van der Waals surface area contributed by atoms with Gasteiger partial charge in [0.1, 0.15) is 5.41 Å². The Bertz CT molecular complexity index is 350. The summed E-state index contributed by atoms with van der Waals surface area (Å²) in [6.45, 7) is 4.57. The molecule has 5 nitrogen and oxygen atoms in total. The summed E-state index contributed by atoms with van der Waals surface area (Å²) in [6, 6.07) is 0.0871. The fourth-order valence-corrected chi connectivity index (χ4v) is 3.01. The van der Waals surface area contributed by atoms with Crippen molar-refractivity contribution in [3.8, 4) is 0 Å². The van der Waals surface area contributed by atoms with Crippen molar-refractivity contribution in [3.63, 3.8) is 0 Å². The third-order valence-corrected chi connectivity index (χ3v) is 4.67. The maximum atomic E-state index is 12.6. The molecule has 3 N–H and O–H groups in total. The van der Waals surface area contributed by atoms with Crippen LogP contribution in [0, 0.1) is 11.3 Å². The van der Waals surface area contributed by atoms with Crippen molar-refractivity contribution in [1.29, 1.82) is 0 Å². The molecule has 6 heteroatoms. The van der Waals surface area contributed by atoms with E-state index in [-0.39, 0.29) is 16.9 Å². The quantitative estimate of drug-likeness (QED) is 0.741. The zero-order valence-electron chi connectivity index (χ0n) is 11.3. The SMILES string of the molecule is CC(NC(=O)C1(C(N)=S)CCOCC1)C1CCOC1. The van der Waals surface area contributed by atoms with Gasteiger partial charge in [-0.1, -0.05) is 12.2 Å². The van der Waals surface area contributed by atoms with Gasteiger partial charge in [0.2, 0.25) is 5.91 Å². The molecule has 2 unspecified atom stereocenters. The Balaban J connectivity index is 2.01. The molecule has 0 aromatic carbocycles. The van der Waals surface area contributed by atoms with E-state index in [1.807, 2.05) is 6.92 Å². The summed E-state index contributed by atoms with van der Waals surface area (Å²) in [7, 11) is 0. The number of nitrogens with two attached hydrogens (primary N) is 1. The highest BCUT2D eigenvalue weighted by molar-refractivity contribution is 7.80. The van der Waals surface area contributed by atoms with Crippen LogP contribution in [0.15, 0.2) is 0 Å². The average Bonchev–Trinajstić information content (AvgIpc) is 2.93. The minimum Gasteiger partial charge on any atom is -0.392 e. The van der Waals surface area contributed by atoms with Gasteiger partial charge in [-0.15, -0.1) is 0 Å². The summed E-state index contributed by atoms with van der Waals surface area (Å²) < 4.78 is 10.7. The van der Waals surface area contributed by atoms with Crippen molar-refractivity contribution in [1.82, 2.24) is 5.32 Å². The molecule has 19 heavy (non-hydrogen) atoms. The molecular formula is C13H22N2O3S. The van der Waals surface area contributed by atoms with Crippen molar-refractivity contribution in [2.75, 3.05) is 26.4 Å². The molecule has 2 heterocycles. The van der Waals surface area contributed by atoms with Crippen LogP contribution in [0.25, 0.3) is 0 Å². The van der Waals surface area contributed by atoms with Crippen LogP contribution < -0.4 is 11.1 Å². The molecule has 2 saturated heterocycles. The van der Waals surface area contributed by atoms with Crippen LogP contribution in [0.1, 0.15) is 26.2 Å². The first-order valence-corrected chi connectivity index (χ1v) is 7.23. The maximum Gasteiger partial charge on any atom is 0.233 e. The number of hydrogen-bond acceptors (Lipinski definition) is 4. The number of thiocarbonyl (C=S) groups is 1. The molecule has 0 radical (unpaired) electrons. The summed E-state index contributed by atoms with van der Waals surface area (Å²) in [5.74, 6) is 0.329. The van der Waals surface area contributed by atoms with Crippen LogP contribution in [0.3, 0.4) is 0 Å². The van der Waals surface area contributed by atoms with Gasteiger partial charge in [-0.3, -0.25) is 4.79 Å². The lowest BCUT2D eigenvalue weighted by Crippen LogP contribution is -2.54. The van der Waals surface area contributed by atoms with Crippen LogP contribution >= 0.6 is 12.2 Å². The van der Waals surface area contributed by atoms with Gasteiger partial charge in [0.15, 0.2) is 0 Å². The van der Waals surface area contributed by atoms with Crippen LogP contribution in [-0.4, -0.2) is 43.4 Å². The highest BCUT2D eigenvalue weighted by atomic mass is 32.1. The Hall–Kier alpha value is -0.720. The first-order valence-electron chi connectivity index (χ1n) is 6.82. The molecule has 1 amide bonds. The number of carbonyl (C=O) groups is 1. The number of carbonyl (C=O) groups excluding carboxylic acids is 1. The highest BCUT2D eigenvalue weighted by Gasteiger charge is 2.43. The molecule has 2 aliphatic rings. The normalized spacial score (nSPS) is 27.7. The van der Waals surface area contributed by atoms with Crippen molar-refractivity contribution in [2.45, 2.75) is 32.2 Å². The first-order chi connectivity index (χ1) is 9.06. The molecule has 0 aliphatic carbocycles. The molecule has 2 rings (SSSR count). The van der Waals surface area contributed by atoms with Crippen LogP contribution in [0.2, 0.25) is 0 Å². The predicted molar refractivity (Wildman–Crippen MR) is 75.8 cm³/mol. The molecule has 0 spiro atoms. The lowest BCUT2D eigenvalue weighted by molar-refractivity contribution is -0.132. The lowest BCUT2D eigenvalue weighted by atomic mass is 9.78. The lowest BCUT2D eigenvalue weighted by Gasteiger charge is -2.36. The Kier molecular flexibility index (Phi) is 4.76. The highest BCUT2D eigenvalue weighted by Crippen LogP contribution is 2.32. The van der Waals surface area contributed by atoms with Crippen molar-refractivity contribution in [2.24, 2.45) is 17.1 Å². The smallest absolute Gasteiger partial charge is 0.233 e. The van der Waals surface area contributed by atoms with E-state index in [9.17, 15) is 4.79 Å². The number of ether oxygens (including phenoxy) is 2. The van der Waals surface area contributed by atoms with E-state index in [1.54, 1.807) is 0 Å². The average molecular weight is 286 g/mol. The van der Waals surface area contributed by atoms with E-state index in [2.05, 4.69) is 5.32 Å². The fraction of sp³-hybridized carbons (Fsp3) is 0.846. The van der Waals surface area contributed by atoms with Gasteiger partial charge in [0.05, 0.1) is 11.6 Å². The van der Waals surface area contributed by atoms with Crippen molar-refractivity contribution < 1.29 is 14.3 Å². The summed E-state index contributed by atoms with van der Waals surface area (Å²) in [5.41, 5.74) is 5.09. The third-order valence-electron chi connectivity index (χ3n) is 4.28. The fourth-order valence-electron chi connectivity index (χ4n) is 2.72. The van der Waals surface area contributed by atoms with Gasteiger partial charge in [-0.05, 0) is 26.2 Å². The largest absolute Gasteiger partial charge is 0.392 e. The van der Waals surface area contributed by atoms with Gasteiger partial charge >= 0.3 is 0 Å². The van der Waals surface area contributed by atoms with Gasteiger partial charge in [0, 0.05) is 31.8 Å². The standard InChI is InChI=1S/C13H22N2O3S/c1-9(10-2-5-18-8-10)15-12(16)13(11(14)19)3-6-17-7-4-13/h9-10H,2-8H2,1H3,(H2,14,19)(H,15,16). The predicted octanol–water partition coefficient (Wildman–Crippen LogP) is 0.611. The minimum atomic E-state index is -0.735. The summed E-state index contributed by atoms with van der Waals surface area (Å²) in [4.78, 5) is 12.8. The number of amides is 1. The molecular weight excluding hydrogens is 264 g/mol. The summed E-state index contributed by atoms with van der Waals surface area (Å²) in [6.07, 6.45) is 2.13. The van der Waals surface area contributed by atoms with E-state index in [0.717, 1.165) is 13.0 Å². The second-order valence-corrected chi connectivity index (χ2v) is 5.88. The van der Waals surface area contributed by atoms with Crippen molar-refractivity contribution in [3.05, 3.63) is 0 Å². The Morgan fingerprint density at radius 1 is 1.37 bits per heavy atom. The van der Waals surface area contributed by atoms with Crippen LogP contribution in [0.4, 0.5) is 0 Å². The Morgan fingerprint density at radius 3 is 2.58 bits per heavy atom. The number of hydrogen-bond donors (Lipinski definition) is 2. The van der Waals surface area contributed by atoms with Crippen LogP contribution in [-0.2, 0) is 14.3 Å². The zero-order chi connectivity index (χ0) is 13.9. The Morgan fingerprint density at radius 2 is 2.05 bits per heavy atom. The van der Waals surface area contributed by atoms with E-state index < -0.39 is 5.41 Å². The topological polar surface area (TPSA) is 73.6 Å². The number of rotatable bonds is 4. The molecule has 108 valence electrons. The van der Waals surface area contributed by atoms with E-state index in [4.69, 9.17) is 27.4 Å². The van der Waals surface area contributed by atoms with Gasteiger partial charge in [0.25, 0.3) is 0 Å². The zero-order valence-corrected chi connectivity index (χ0v) is 12.1. The second kappa shape index (κ2) is 6.15. The molecule has 2 atom stereocenters. The molecule has 0 aromatic rings. The first kappa shape index (κ1) is 14.7. The van der Waals surface area contributed by atoms with E-state index in [0.29, 0.717) is 38.6 Å². The van der Waals surface area contributed by atoms with E-state index in [1.165, 1.54) is 0 Å². The minimum absolute atomic E-state index is 0.0531. The summed E-state index contributed by atoms with van der Waals surface area (Å²) in [5, 5.41) is 3.07. The Labute approximate surface area is 119 Å². The van der Waals surface area contributed by atoms with Crippen LogP contribution in [0.5, 0.6) is 0 Å². The molecule has 2 aliphatic heterocycles. The van der Waals surface area contributed by atoms with Gasteiger partial charge in [-0.2, -0.15) is 0 Å². The molecule has 2 fully saturated rings. The molecule has 0 bridgehead atoms. The second-order valence-electron chi connectivity index (χ2n) is 5.44. The van der Waals surface area contributed by atoms with Gasteiger partial charge in [-0.25, -0.2) is 0 Å².